The van der Waals surface area contributed by atoms with Crippen LogP contribution < -0.4 is 0 Å². The number of fused-ring (bicyclic) bond motifs is 5. The first-order valence-electron chi connectivity index (χ1n) is 19.2. The third kappa shape index (κ3) is 5.95. The Morgan fingerprint density at radius 3 is 1.53 bits per heavy atom. The number of aromatic nitrogens is 3. The van der Waals surface area contributed by atoms with E-state index in [0.29, 0.717) is 17.5 Å². The molecule has 2 aromatic heterocycles. The summed E-state index contributed by atoms with van der Waals surface area (Å²) in [5.41, 5.74) is 9.98. The average molecular weight is 744 g/mol. The fraction of sp³-hybridized carbons (Fsp3) is 0. The van der Waals surface area contributed by atoms with Crippen molar-refractivity contribution >= 4 is 53.1 Å². The topological polar surface area (TPSA) is 38.7 Å². The zero-order chi connectivity index (χ0) is 37.7. The van der Waals surface area contributed by atoms with Crippen LogP contribution in [0.5, 0.6) is 0 Å². The van der Waals surface area contributed by atoms with Crippen molar-refractivity contribution in [2.45, 2.75) is 0 Å². The molecule has 0 saturated heterocycles. The van der Waals surface area contributed by atoms with Crippen molar-refractivity contribution in [3.8, 4) is 67.5 Å². The minimum absolute atomic E-state index is 0.641. The molecule has 0 spiro atoms. The average Bonchev–Trinajstić information content (AvgIpc) is 3.68. The molecule has 266 valence electrons. The summed E-state index contributed by atoms with van der Waals surface area (Å²) in [5, 5.41) is 7.17. The molecule has 0 N–H and O–H groups in total. The molecule has 0 fully saturated rings. The molecule has 0 bridgehead atoms. The smallest absolute Gasteiger partial charge is 0.165 e. The van der Waals surface area contributed by atoms with Crippen LogP contribution in [0.3, 0.4) is 0 Å². The van der Waals surface area contributed by atoms with Gasteiger partial charge in [-0.2, -0.15) is 0 Å². The van der Waals surface area contributed by atoms with Crippen molar-refractivity contribution in [2.24, 2.45) is 0 Å². The molecule has 2 heterocycles. The molecule has 0 radical (unpaired) electrons. The van der Waals surface area contributed by atoms with Gasteiger partial charge in [-0.1, -0.05) is 176 Å². The summed E-state index contributed by atoms with van der Waals surface area (Å²) in [6.45, 7) is 0. The summed E-state index contributed by atoms with van der Waals surface area (Å²) in [7, 11) is 0. The van der Waals surface area contributed by atoms with Gasteiger partial charge in [0.2, 0.25) is 0 Å². The molecule has 0 atom stereocenters. The minimum Gasteiger partial charge on any atom is -0.208 e. The quantitative estimate of drug-likeness (QED) is 0.170. The maximum absolute atomic E-state index is 5.30. The lowest BCUT2D eigenvalue weighted by atomic mass is 9.93. The number of hydrogen-bond acceptors (Lipinski definition) is 4. The summed E-state index contributed by atoms with van der Waals surface area (Å²) in [6.07, 6.45) is 0. The second-order valence-corrected chi connectivity index (χ2v) is 15.4. The normalized spacial score (nSPS) is 11.5. The lowest BCUT2D eigenvalue weighted by Gasteiger charge is -2.14. The number of hydrogen-bond donors (Lipinski definition) is 0. The van der Waals surface area contributed by atoms with Crippen molar-refractivity contribution in [2.75, 3.05) is 0 Å². The van der Waals surface area contributed by atoms with Gasteiger partial charge >= 0.3 is 0 Å². The Morgan fingerprint density at radius 2 is 0.789 bits per heavy atom. The van der Waals surface area contributed by atoms with Gasteiger partial charge in [-0.15, -0.1) is 11.3 Å². The fourth-order valence-electron chi connectivity index (χ4n) is 8.07. The van der Waals surface area contributed by atoms with Crippen LogP contribution in [0.25, 0.3) is 109 Å². The van der Waals surface area contributed by atoms with Gasteiger partial charge in [-0.05, 0) is 79.2 Å². The summed E-state index contributed by atoms with van der Waals surface area (Å²) in [6, 6.07) is 71.1. The molecule has 3 nitrogen and oxygen atoms in total. The highest BCUT2D eigenvalue weighted by Gasteiger charge is 2.19. The van der Waals surface area contributed by atoms with Gasteiger partial charge in [-0.25, -0.2) is 15.0 Å². The Kier molecular flexibility index (Phi) is 8.01. The Balaban J connectivity index is 1.06. The van der Waals surface area contributed by atoms with Crippen LogP contribution in [0, 0.1) is 0 Å². The second-order valence-electron chi connectivity index (χ2n) is 14.4. The lowest BCUT2D eigenvalue weighted by Crippen LogP contribution is -2.01. The van der Waals surface area contributed by atoms with E-state index in [9.17, 15) is 0 Å². The van der Waals surface area contributed by atoms with Crippen LogP contribution in [0.1, 0.15) is 0 Å². The van der Waals surface area contributed by atoms with E-state index < -0.39 is 0 Å². The molecular formula is C53H33N3S. The third-order valence-electron chi connectivity index (χ3n) is 11.0. The van der Waals surface area contributed by atoms with Crippen molar-refractivity contribution in [1.29, 1.82) is 0 Å². The van der Waals surface area contributed by atoms with E-state index in [2.05, 4.69) is 194 Å². The number of thiophene rings is 1. The van der Waals surface area contributed by atoms with E-state index in [4.69, 9.17) is 15.0 Å². The molecule has 0 aliphatic carbocycles. The third-order valence-corrected chi connectivity index (χ3v) is 12.2. The van der Waals surface area contributed by atoms with Crippen molar-refractivity contribution in [1.82, 2.24) is 15.0 Å². The zero-order valence-corrected chi connectivity index (χ0v) is 31.6. The second kappa shape index (κ2) is 13.8. The van der Waals surface area contributed by atoms with E-state index in [1.54, 1.807) is 11.3 Å². The number of benzene rings is 9. The molecule has 9 aromatic carbocycles. The molecule has 4 heteroatoms. The SMILES string of the molecule is c1ccc(-c2ccc(-c3ccc(-c4nc(-c5ccc(-c6ccc7ccccc7c6)c6ccccc56)nc(-c5cccc6c5sc5ccccc56)n4)cc3)cc2)cc1. The molecule has 11 aromatic rings. The van der Waals surface area contributed by atoms with E-state index in [0.717, 1.165) is 38.6 Å². The van der Waals surface area contributed by atoms with Gasteiger partial charge in [0.1, 0.15) is 0 Å². The van der Waals surface area contributed by atoms with Gasteiger partial charge in [-0.3, -0.25) is 0 Å². The zero-order valence-electron chi connectivity index (χ0n) is 30.8. The van der Waals surface area contributed by atoms with E-state index >= 15 is 0 Å². The standard InChI is InChI=1S/C53H33N3S/c1-2-11-34(12-3-1)36-21-23-37(24-22-36)38-25-28-39(29-26-38)51-54-52(56-53(55-51)48-19-10-18-46-45-17-8-9-20-49(45)57-50(46)48)47-32-31-42(43-15-6-7-16-44(43)47)41-30-27-35-13-4-5-14-40(35)33-41/h1-33H. The summed E-state index contributed by atoms with van der Waals surface area (Å²) in [5.74, 6) is 1.95. The molecule has 0 aliphatic heterocycles. The molecule has 0 aliphatic rings. The lowest BCUT2D eigenvalue weighted by molar-refractivity contribution is 1.08. The van der Waals surface area contributed by atoms with E-state index in [1.165, 1.54) is 53.2 Å². The molecule has 0 saturated carbocycles. The number of nitrogens with zero attached hydrogens (tertiary/aromatic N) is 3. The van der Waals surface area contributed by atoms with Gasteiger partial charge in [0.15, 0.2) is 17.5 Å². The van der Waals surface area contributed by atoms with Crippen molar-refractivity contribution in [3.63, 3.8) is 0 Å². The molecule has 57 heavy (non-hydrogen) atoms. The minimum atomic E-state index is 0.641. The molecule has 11 rings (SSSR count). The maximum Gasteiger partial charge on any atom is 0.165 e. The molecular weight excluding hydrogens is 711 g/mol. The fourth-order valence-corrected chi connectivity index (χ4v) is 9.28. The van der Waals surface area contributed by atoms with E-state index in [-0.39, 0.29) is 0 Å². The first-order valence-corrected chi connectivity index (χ1v) is 20.0. The van der Waals surface area contributed by atoms with Gasteiger partial charge in [0.25, 0.3) is 0 Å². The van der Waals surface area contributed by atoms with Crippen LogP contribution in [0.15, 0.2) is 200 Å². The van der Waals surface area contributed by atoms with Gasteiger partial charge in [0.05, 0.1) is 0 Å². The van der Waals surface area contributed by atoms with Crippen LogP contribution in [0.4, 0.5) is 0 Å². The maximum atomic E-state index is 5.30. The Labute approximate surface area is 334 Å². The van der Waals surface area contributed by atoms with Crippen molar-refractivity contribution in [3.05, 3.63) is 200 Å². The highest BCUT2D eigenvalue weighted by Crippen LogP contribution is 2.41. The van der Waals surface area contributed by atoms with Crippen molar-refractivity contribution < 1.29 is 0 Å². The predicted octanol–water partition coefficient (Wildman–Crippen LogP) is 14.5. The predicted molar refractivity (Wildman–Crippen MR) is 240 cm³/mol. The molecule has 0 unspecified atom stereocenters. The van der Waals surface area contributed by atoms with Crippen LogP contribution in [0.2, 0.25) is 0 Å². The van der Waals surface area contributed by atoms with Crippen LogP contribution >= 0.6 is 11.3 Å². The summed E-state index contributed by atoms with van der Waals surface area (Å²) >= 11 is 1.79. The summed E-state index contributed by atoms with van der Waals surface area (Å²) in [4.78, 5) is 15.8. The van der Waals surface area contributed by atoms with Gasteiger partial charge < -0.3 is 0 Å². The Hall–Kier alpha value is -7.27. The first-order chi connectivity index (χ1) is 28.2. The Bertz CT molecular complexity index is 3280. The largest absolute Gasteiger partial charge is 0.208 e. The van der Waals surface area contributed by atoms with E-state index in [1.807, 2.05) is 6.07 Å². The Morgan fingerprint density at radius 1 is 0.281 bits per heavy atom. The molecule has 0 amide bonds. The monoisotopic (exact) mass is 743 g/mol. The highest BCUT2D eigenvalue weighted by molar-refractivity contribution is 7.26. The number of rotatable bonds is 6. The summed E-state index contributed by atoms with van der Waals surface area (Å²) < 4.78 is 2.42. The van der Waals surface area contributed by atoms with Gasteiger partial charge in [0, 0.05) is 36.9 Å². The highest BCUT2D eigenvalue weighted by atomic mass is 32.1. The van der Waals surface area contributed by atoms with Crippen LogP contribution in [-0.2, 0) is 0 Å². The first kappa shape index (κ1) is 33.1. The van der Waals surface area contributed by atoms with Crippen LogP contribution in [-0.4, -0.2) is 15.0 Å².